The van der Waals surface area contributed by atoms with Gasteiger partial charge in [-0.3, -0.25) is 4.79 Å². The number of hydrogen-bond acceptors (Lipinski definition) is 5. The molecular weight excluding hydrogens is 354 g/mol. The van der Waals surface area contributed by atoms with E-state index < -0.39 is 0 Å². The van der Waals surface area contributed by atoms with Gasteiger partial charge in [-0.05, 0) is 38.5 Å². The van der Waals surface area contributed by atoms with Gasteiger partial charge in [-0.2, -0.15) is 14.3 Å². The molecule has 1 N–H and O–H groups in total. The fourth-order valence-electron chi connectivity index (χ4n) is 3.88. The lowest BCUT2D eigenvalue weighted by atomic mass is 9.85. The first-order valence-electron chi connectivity index (χ1n) is 9.16. The highest BCUT2D eigenvalue weighted by Crippen LogP contribution is 2.40. The van der Waals surface area contributed by atoms with Gasteiger partial charge in [0.2, 0.25) is 5.91 Å². The molecule has 0 saturated heterocycles. The number of carbonyl (C=O) groups excluding carboxylic acids is 1. The Labute approximate surface area is 161 Å². The van der Waals surface area contributed by atoms with Gasteiger partial charge in [-0.25, -0.2) is 0 Å². The summed E-state index contributed by atoms with van der Waals surface area (Å²) in [4.78, 5) is 12.5. The molecule has 1 aliphatic rings. The Morgan fingerprint density at radius 3 is 2.75 bits per heavy atom. The Morgan fingerprint density at radius 2 is 1.93 bits per heavy atom. The number of amides is 1. The van der Waals surface area contributed by atoms with Crippen LogP contribution in [-0.2, 0) is 4.79 Å². The molecule has 3 aromatic heterocycles. The van der Waals surface area contributed by atoms with E-state index in [0.717, 1.165) is 16.8 Å². The first-order valence-corrected chi connectivity index (χ1v) is 9.16. The predicted octanol–water partition coefficient (Wildman–Crippen LogP) is 2.71. The molecular formula is C20H19N7O. The Morgan fingerprint density at radius 1 is 1.07 bits per heavy atom. The molecule has 1 aliphatic heterocycles. The van der Waals surface area contributed by atoms with E-state index in [1.54, 1.807) is 9.20 Å². The first kappa shape index (κ1) is 16.6. The van der Waals surface area contributed by atoms with Crippen molar-refractivity contribution in [2.24, 2.45) is 0 Å². The lowest BCUT2D eigenvalue weighted by Gasteiger charge is -2.24. The summed E-state index contributed by atoms with van der Waals surface area (Å²) in [6.07, 6.45) is 0.403. The summed E-state index contributed by atoms with van der Waals surface area (Å²) in [6, 6.07) is 12.0. The summed E-state index contributed by atoms with van der Waals surface area (Å²) in [5.74, 6) is 1.92. The monoisotopic (exact) mass is 373 g/mol. The van der Waals surface area contributed by atoms with Crippen molar-refractivity contribution in [3.8, 4) is 5.82 Å². The summed E-state index contributed by atoms with van der Waals surface area (Å²) in [7, 11) is 0. The number of rotatable bonds is 2. The van der Waals surface area contributed by atoms with Gasteiger partial charge >= 0.3 is 0 Å². The molecule has 8 nitrogen and oxygen atoms in total. The molecule has 0 radical (unpaired) electrons. The standard InChI is InChI=1S/C20H19N7O/c1-11-5-4-6-14(9-11)15-10-18(28)21-20-19(15)12(2)24-27(20)17-8-7-16-23-22-13(3)26(16)25-17/h4-9,15H,10H2,1-3H3,(H,21,28)/t15-/m0/s1. The summed E-state index contributed by atoms with van der Waals surface area (Å²) in [5, 5.41) is 20.4. The number of fused-ring (bicyclic) bond motifs is 2. The van der Waals surface area contributed by atoms with Crippen LogP contribution in [0.5, 0.6) is 0 Å². The van der Waals surface area contributed by atoms with E-state index in [1.807, 2.05) is 32.0 Å². The molecule has 5 rings (SSSR count). The second-order valence-corrected chi connectivity index (χ2v) is 7.19. The Bertz CT molecular complexity index is 1240. The van der Waals surface area contributed by atoms with Crippen molar-refractivity contribution in [3.05, 3.63) is 64.6 Å². The third kappa shape index (κ3) is 2.49. The van der Waals surface area contributed by atoms with E-state index in [0.29, 0.717) is 29.5 Å². The zero-order valence-corrected chi connectivity index (χ0v) is 15.8. The third-order valence-corrected chi connectivity index (χ3v) is 5.17. The van der Waals surface area contributed by atoms with Crippen LogP contribution in [0.15, 0.2) is 36.4 Å². The maximum absolute atomic E-state index is 12.5. The number of anilines is 1. The highest BCUT2D eigenvalue weighted by molar-refractivity contribution is 5.95. The van der Waals surface area contributed by atoms with E-state index >= 15 is 0 Å². The maximum Gasteiger partial charge on any atom is 0.226 e. The van der Waals surface area contributed by atoms with Crippen LogP contribution in [0, 0.1) is 20.8 Å². The molecule has 4 heterocycles. The van der Waals surface area contributed by atoms with Gasteiger partial charge in [0, 0.05) is 17.9 Å². The normalized spacial score (nSPS) is 16.2. The lowest BCUT2D eigenvalue weighted by molar-refractivity contribution is -0.116. The van der Waals surface area contributed by atoms with E-state index in [2.05, 4.69) is 45.7 Å². The van der Waals surface area contributed by atoms with Gasteiger partial charge in [-0.15, -0.1) is 15.3 Å². The van der Waals surface area contributed by atoms with E-state index in [9.17, 15) is 4.79 Å². The SMILES string of the molecule is Cc1cccc([C@@H]2CC(=O)Nc3c2c(C)nn3-c2ccc3nnc(C)n3n2)c1. The predicted molar refractivity (Wildman–Crippen MR) is 104 cm³/mol. The number of nitrogens with zero attached hydrogens (tertiary/aromatic N) is 6. The number of carbonyl (C=O) groups is 1. The van der Waals surface area contributed by atoms with Crippen LogP contribution >= 0.6 is 0 Å². The zero-order chi connectivity index (χ0) is 19.4. The molecule has 0 aliphatic carbocycles. The van der Waals surface area contributed by atoms with Gasteiger partial charge in [0.25, 0.3) is 0 Å². The van der Waals surface area contributed by atoms with Crippen LogP contribution in [0.25, 0.3) is 11.5 Å². The molecule has 28 heavy (non-hydrogen) atoms. The molecule has 1 aromatic carbocycles. The lowest BCUT2D eigenvalue weighted by Crippen LogP contribution is -2.25. The van der Waals surface area contributed by atoms with Gasteiger partial charge < -0.3 is 5.32 Å². The minimum Gasteiger partial charge on any atom is -0.310 e. The number of nitrogens with one attached hydrogen (secondary N) is 1. The zero-order valence-electron chi connectivity index (χ0n) is 15.8. The second-order valence-electron chi connectivity index (χ2n) is 7.19. The summed E-state index contributed by atoms with van der Waals surface area (Å²) >= 11 is 0. The summed E-state index contributed by atoms with van der Waals surface area (Å²) < 4.78 is 3.37. The number of benzene rings is 1. The van der Waals surface area contributed by atoms with Crippen molar-refractivity contribution in [2.45, 2.75) is 33.1 Å². The van der Waals surface area contributed by atoms with Crippen LogP contribution in [0.4, 0.5) is 5.82 Å². The minimum absolute atomic E-state index is 0.0262. The van der Waals surface area contributed by atoms with Crippen LogP contribution < -0.4 is 5.32 Å². The van der Waals surface area contributed by atoms with E-state index in [1.165, 1.54) is 5.56 Å². The smallest absolute Gasteiger partial charge is 0.226 e. The molecule has 0 saturated carbocycles. The molecule has 0 bridgehead atoms. The van der Waals surface area contributed by atoms with Gasteiger partial charge in [0.15, 0.2) is 17.3 Å². The molecule has 8 heteroatoms. The van der Waals surface area contributed by atoms with Crippen LogP contribution in [-0.4, -0.2) is 35.5 Å². The highest BCUT2D eigenvalue weighted by atomic mass is 16.1. The van der Waals surface area contributed by atoms with Gasteiger partial charge in [0.05, 0.1) is 5.69 Å². The van der Waals surface area contributed by atoms with Crippen molar-refractivity contribution in [3.63, 3.8) is 0 Å². The largest absolute Gasteiger partial charge is 0.310 e. The van der Waals surface area contributed by atoms with Crippen LogP contribution in [0.1, 0.15) is 40.5 Å². The van der Waals surface area contributed by atoms with Crippen molar-refractivity contribution in [1.29, 1.82) is 0 Å². The molecule has 0 fully saturated rings. The van der Waals surface area contributed by atoms with E-state index in [4.69, 9.17) is 5.10 Å². The molecule has 4 aromatic rings. The van der Waals surface area contributed by atoms with Gasteiger partial charge in [-0.1, -0.05) is 29.8 Å². The number of aryl methyl sites for hydroxylation is 3. The summed E-state index contributed by atoms with van der Waals surface area (Å²) in [5.41, 5.74) is 4.87. The summed E-state index contributed by atoms with van der Waals surface area (Å²) in [6.45, 7) is 5.87. The second kappa shape index (κ2) is 5.98. The first-order chi connectivity index (χ1) is 13.5. The number of aromatic nitrogens is 6. The fraction of sp³-hybridized carbons (Fsp3) is 0.250. The van der Waals surface area contributed by atoms with Crippen molar-refractivity contribution >= 4 is 17.4 Å². The molecule has 1 atom stereocenters. The van der Waals surface area contributed by atoms with Crippen molar-refractivity contribution in [2.75, 3.05) is 5.32 Å². The fourth-order valence-corrected chi connectivity index (χ4v) is 3.88. The third-order valence-electron chi connectivity index (χ3n) is 5.17. The van der Waals surface area contributed by atoms with Crippen LogP contribution in [0.3, 0.4) is 0 Å². The Hall–Kier alpha value is -3.55. The minimum atomic E-state index is -0.0298. The highest BCUT2D eigenvalue weighted by Gasteiger charge is 2.33. The average Bonchev–Trinajstić information content (AvgIpc) is 3.21. The van der Waals surface area contributed by atoms with Crippen molar-refractivity contribution < 1.29 is 4.79 Å². The molecule has 0 unspecified atom stereocenters. The maximum atomic E-state index is 12.5. The number of hydrogen-bond donors (Lipinski definition) is 1. The molecule has 140 valence electrons. The van der Waals surface area contributed by atoms with Crippen LogP contribution in [0.2, 0.25) is 0 Å². The Balaban J connectivity index is 1.69. The molecule has 1 amide bonds. The average molecular weight is 373 g/mol. The quantitative estimate of drug-likeness (QED) is 0.583. The molecule has 0 spiro atoms. The van der Waals surface area contributed by atoms with Gasteiger partial charge in [0.1, 0.15) is 5.82 Å². The topological polar surface area (TPSA) is 90.0 Å². The van der Waals surface area contributed by atoms with Crippen molar-refractivity contribution in [1.82, 2.24) is 29.6 Å². The Kier molecular flexibility index (Phi) is 3.55. The van der Waals surface area contributed by atoms with E-state index in [-0.39, 0.29) is 11.8 Å².